The van der Waals surface area contributed by atoms with E-state index in [-0.39, 0.29) is 6.09 Å². The van der Waals surface area contributed by atoms with Crippen LogP contribution in [0.15, 0.2) is 0 Å². The van der Waals surface area contributed by atoms with E-state index in [0.717, 1.165) is 13.1 Å². The molecular formula is C12H22N2O5. The van der Waals surface area contributed by atoms with E-state index in [0.29, 0.717) is 39.5 Å². The highest BCUT2D eigenvalue weighted by atomic mass is 16.7. The fourth-order valence-corrected chi connectivity index (χ4v) is 1.79. The number of amides is 1. The monoisotopic (exact) mass is 274 g/mol. The summed E-state index contributed by atoms with van der Waals surface area (Å²) in [4.78, 5) is 26.3. The molecule has 0 N–H and O–H groups in total. The van der Waals surface area contributed by atoms with Crippen molar-refractivity contribution in [1.29, 1.82) is 0 Å². The van der Waals surface area contributed by atoms with E-state index in [2.05, 4.69) is 9.64 Å². The first kappa shape index (κ1) is 15.6. The summed E-state index contributed by atoms with van der Waals surface area (Å²) in [6.45, 7) is 7.97. The van der Waals surface area contributed by atoms with Crippen LogP contribution >= 0.6 is 0 Å². The Hall–Kier alpha value is -1.50. The average molecular weight is 274 g/mol. The van der Waals surface area contributed by atoms with Crippen molar-refractivity contribution in [2.75, 3.05) is 52.5 Å². The molecule has 0 atom stereocenters. The predicted octanol–water partition coefficient (Wildman–Crippen LogP) is 0.934. The van der Waals surface area contributed by atoms with Crippen LogP contribution in [0.3, 0.4) is 0 Å². The van der Waals surface area contributed by atoms with Gasteiger partial charge in [0.2, 0.25) is 0 Å². The zero-order chi connectivity index (χ0) is 14.1. The standard InChI is InChI=1S/C12H22N2O5/c1-3-17-11(15)14-7-5-13(6-8-14)9-10-19-12(16)18-4-2/h3-10H2,1-2H3. The Bertz CT molecular complexity index is 287. The molecule has 1 rings (SSSR count). The van der Waals surface area contributed by atoms with Crippen LogP contribution in [0.25, 0.3) is 0 Å². The number of hydrogen-bond acceptors (Lipinski definition) is 6. The van der Waals surface area contributed by atoms with Crippen LogP contribution in [-0.4, -0.2) is 74.6 Å². The molecule has 7 nitrogen and oxygen atoms in total. The zero-order valence-corrected chi connectivity index (χ0v) is 11.6. The van der Waals surface area contributed by atoms with Gasteiger partial charge in [0.25, 0.3) is 0 Å². The summed E-state index contributed by atoms with van der Waals surface area (Å²) in [6, 6.07) is 0. The van der Waals surface area contributed by atoms with Crippen LogP contribution in [0.4, 0.5) is 9.59 Å². The molecule has 0 aromatic carbocycles. The molecule has 0 aromatic rings. The molecule has 0 aliphatic carbocycles. The first-order chi connectivity index (χ1) is 9.17. The highest BCUT2D eigenvalue weighted by Crippen LogP contribution is 2.03. The molecule has 1 aliphatic rings. The van der Waals surface area contributed by atoms with E-state index < -0.39 is 6.16 Å². The minimum atomic E-state index is -0.632. The Balaban J connectivity index is 2.13. The molecule has 0 saturated carbocycles. The highest BCUT2D eigenvalue weighted by Gasteiger charge is 2.21. The lowest BCUT2D eigenvalue weighted by atomic mass is 10.3. The molecule has 0 unspecified atom stereocenters. The molecule has 1 saturated heterocycles. The van der Waals surface area contributed by atoms with E-state index >= 15 is 0 Å². The Labute approximate surface area is 113 Å². The van der Waals surface area contributed by atoms with E-state index in [4.69, 9.17) is 9.47 Å². The second-order valence-corrected chi connectivity index (χ2v) is 4.06. The lowest BCUT2D eigenvalue weighted by Crippen LogP contribution is -2.49. The lowest BCUT2D eigenvalue weighted by molar-refractivity contribution is 0.0428. The van der Waals surface area contributed by atoms with Crippen molar-refractivity contribution in [3.05, 3.63) is 0 Å². The Morgan fingerprint density at radius 3 is 2.16 bits per heavy atom. The van der Waals surface area contributed by atoms with Gasteiger partial charge in [-0.1, -0.05) is 0 Å². The van der Waals surface area contributed by atoms with Crippen molar-refractivity contribution in [2.24, 2.45) is 0 Å². The first-order valence-corrected chi connectivity index (χ1v) is 6.61. The van der Waals surface area contributed by atoms with Gasteiger partial charge in [0.1, 0.15) is 6.61 Å². The van der Waals surface area contributed by atoms with Crippen LogP contribution in [0.5, 0.6) is 0 Å². The van der Waals surface area contributed by atoms with Gasteiger partial charge >= 0.3 is 12.2 Å². The van der Waals surface area contributed by atoms with Crippen LogP contribution < -0.4 is 0 Å². The van der Waals surface area contributed by atoms with Gasteiger partial charge in [0.05, 0.1) is 13.2 Å². The fraction of sp³-hybridized carbons (Fsp3) is 0.833. The maximum absolute atomic E-state index is 11.5. The second-order valence-electron chi connectivity index (χ2n) is 4.06. The Kier molecular flexibility index (Phi) is 7.02. The second kappa shape index (κ2) is 8.58. The number of ether oxygens (including phenoxy) is 3. The number of carbonyl (C=O) groups is 2. The van der Waals surface area contributed by atoms with E-state index in [1.165, 1.54) is 0 Å². The van der Waals surface area contributed by atoms with Crippen LogP contribution in [0, 0.1) is 0 Å². The summed E-state index contributed by atoms with van der Waals surface area (Å²) >= 11 is 0. The van der Waals surface area contributed by atoms with Crippen molar-refractivity contribution >= 4 is 12.2 Å². The smallest absolute Gasteiger partial charge is 0.450 e. The van der Waals surface area contributed by atoms with Crippen molar-refractivity contribution in [3.63, 3.8) is 0 Å². The van der Waals surface area contributed by atoms with Crippen molar-refractivity contribution in [2.45, 2.75) is 13.8 Å². The largest absolute Gasteiger partial charge is 0.508 e. The summed E-state index contributed by atoms with van der Waals surface area (Å²) in [5.41, 5.74) is 0. The predicted molar refractivity (Wildman–Crippen MR) is 68.0 cm³/mol. The maximum Gasteiger partial charge on any atom is 0.508 e. The number of nitrogens with zero attached hydrogens (tertiary/aromatic N) is 2. The molecule has 0 radical (unpaired) electrons. The molecular weight excluding hydrogens is 252 g/mol. The van der Waals surface area contributed by atoms with Gasteiger partial charge in [0, 0.05) is 32.7 Å². The summed E-state index contributed by atoms with van der Waals surface area (Å²) < 4.78 is 14.5. The molecule has 1 fully saturated rings. The van der Waals surface area contributed by atoms with Crippen LogP contribution in [-0.2, 0) is 14.2 Å². The van der Waals surface area contributed by atoms with Crippen LogP contribution in [0.1, 0.15) is 13.8 Å². The average Bonchev–Trinajstić information content (AvgIpc) is 2.40. The molecule has 1 amide bonds. The third-order valence-electron chi connectivity index (χ3n) is 2.79. The minimum absolute atomic E-state index is 0.259. The van der Waals surface area contributed by atoms with Gasteiger partial charge in [0.15, 0.2) is 0 Å². The molecule has 7 heteroatoms. The first-order valence-electron chi connectivity index (χ1n) is 6.61. The number of hydrogen-bond donors (Lipinski definition) is 0. The topological polar surface area (TPSA) is 68.3 Å². The Morgan fingerprint density at radius 2 is 1.58 bits per heavy atom. The van der Waals surface area contributed by atoms with Gasteiger partial charge in [-0.2, -0.15) is 0 Å². The molecule has 0 spiro atoms. The third kappa shape index (κ3) is 5.78. The maximum atomic E-state index is 11.5. The van der Waals surface area contributed by atoms with Crippen molar-refractivity contribution in [1.82, 2.24) is 9.80 Å². The minimum Gasteiger partial charge on any atom is -0.450 e. The normalized spacial score (nSPS) is 16.0. The van der Waals surface area contributed by atoms with E-state index in [9.17, 15) is 9.59 Å². The quantitative estimate of drug-likeness (QED) is 0.695. The summed E-state index contributed by atoms with van der Waals surface area (Å²) in [5, 5.41) is 0. The number of rotatable bonds is 5. The summed E-state index contributed by atoms with van der Waals surface area (Å²) in [6.07, 6.45) is -0.891. The lowest BCUT2D eigenvalue weighted by Gasteiger charge is -2.33. The molecule has 19 heavy (non-hydrogen) atoms. The molecule has 1 heterocycles. The number of carbonyl (C=O) groups excluding carboxylic acids is 2. The van der Waals surface area contributed by atoms with E-state index in [1.54, 1.807) is 18.7 Å². The van der Waals surface area contributed by atoms with E-state index in [1.807, 2.05) is 0 Å². The highest BCUT2D eigenvalue weighted by molar-refractivity contribution is 5.67. The Morgan fingerprint density at radius 1 is 0.947 bits per heavy atom. The van der Waals surface area contributed by atoms with Gasteiger partial charge < -0.3 is 19.1 Å². The van der Waals surface area contributed by atoms with Crippen molar-refractivity contribution in [3.8, 4) is 0 Å². The van der Waals surface area contributed by atoms with Crippen LogP contribution in [0.2, 0.25) is 0 Å². The SMILES string of the molecule is CCOC(=O)OCCN1CCN(C(=O)OCC)CC1. The fourth-order valence-electron chi connectivity index (χ4n) is 1.79. The summed E-state index contributed by atoms with van der Waals surface area (Å²) in [7, 11) is 0. The van der Waals surface area contributed by atoms with Gasteiger partial charge in [-0.3, -0.25) is 4.90 Å². The third-order valence-corrected chi connectivity index (χ3v) is 2.79. The van der Waals surface area contributed by atoms with Crippen molar-refractivity contribution < 1.29 is 23.8 Å². The molecule has 0 aromatic heterocycles. The zero-order valence-electron chi connectivity index (χ0n) is 11.6. The molecule has 110 valence electrons. The van der Waals surface area contributed by atoms with Gasteiger partial charge in [-0.15, -0.1) is 0 Å². The number of piperazine rings is 1. The van der Waals surface area contributed by atoms with Gasteiger partial charge in [-0.25, -0.2) is 9.59 Å². The molecule has 1 aliphatic heterocycles. The molecule has 0 bridgehead atoms. The van der Waals surface area contributed by atoms with Gasteiger partial charge in [-0.05, 0) is 13.8 Å². The summed E-state index contributed by atoms with van der Waals surface area (Å²) in [5.74, 6) is 0.